The van der Waals surface area contributed by atoms with Crippen LogP contribution in [0.3, 0.4) is 0 Å². The summed E-state index contributed by atoms with van der Waals surface area (Å²) in [6, 6.07) is 5.37. The maximum atomic E-state index is 6.39. The predicted octanol–water partition coefficient (Wildman–Crippen LogP) is 5.71. The van der Waals surface area contributed by atoms with Gasteiger partial charge in [0.1, 0.15) is 23.3 Å². The number of ether oxygens (including phenoxy) is 2. The van der Waals surface area contributed by atoms with E-state index in [0.717, 1.165) is 29.8 Å². The van der Waals surface area contributed by atoms with E-state index in [1.165, 1.54) is 0 Å². The quantitative estimate of drug-likeness (QED) is 0.512. The molecule has 2 heterocycles. The highest BCUT2D eigenvalue weighted by atomic mass is 35.5. The molecule has 1 unspecified atom stereocenters. The van der Waals surface area contributed by atoms with Crippen LogP contribution in [0, 0.1) is 13.8 Å². The lowest BCUT2D eigenvalue weighted by Gasteiger charge is -2.16. The molecule has 0 aliphatic carbocycles. The monoisotopic (exact) mass is 396 g/mol. The van der Waals surface area contributed by atoms with Gasteiger partial charge in [0.15, 0.2) is 0 Å². The van der Waals surface area contributed by atoms with E-state index < -0.39 is 0 Å². The summed E-state index contributed by atoms with van der Waals surface area (Å²) in [6.07, 6.45) is 1.84. The van der Waals surface area contributed by atoms with Gasteiger partial charge in [-0.25, -0.2) is 0 Å². The number of halogens is 2. The lowest BCUT2D eigenvalue weighted by Crippen LogP contribution is -2.22. The van der Waals surface area contributed by atoms with Gasteiger partial charge >= 0.3 is 0 Å². The van der Waals surface area contributed by atoms with E-state index in [2.05, 4.69) is 12.0 Å². The molecule has 140 valence electrons. The third kappa shape index (κ3) is 3.56. The van der Waals surface area contributed by atoms with Crippen molar-refractivity contribution >= 4 is 28.9 Å². The van der Waals surface area contributed by atoms with Crippen LogP contribution >= 0.6 is 23.2 Å². The molecule has 26 heavy (non-hydrogen) atoms. The highest BCUT2D eigenvalue weighted by Gasteiger charge is 2.24. The SMILES string of the molecule is CCCC(COC)Oc1c(C)nn2c(-c3ccc(Cl)cc3Cl)c(C)oc12. The molecule has 0 saturated carbocycles. The van der Waals surface area contributed by atoms with Crippen LogP contribution in [0.15, 0.2) is 22.6 Å². The Kier molecular flexibility index (Phi) is 5.80. The fraction of sp³-hybridized carbons (Fsp3) is 0.421. The third-order valence-corrected chi connectivity index (χ3v) is 4.74. The molecule has 7 heteroatoms. The fourth-order valence-electron chi connectivity index (χ4n) is 3.05. The number of hydrogen-bond acceptors (Lipinski definition) is 4. The Morgan fingerprint density at radius 1 is 1.27 bits per heavy atom. The van der Waals surface area contributed by atoms with Crippen LogP contribution < -0.4 is 4.74 Å². The molecule has 0 fully saturated rings. The maximum absolute atomic E-state index is 6.39. The van der Waals surface area contributed by atoms with E-state index in [1.54, 1.807) is 23.8 Å². The summed E-state index contributed by atoms with van der Waals surface area (Å²) < 4.78 is 19.2. The number of aryl methyl sites for hydroxylation is 2. The molecular formula is C19H22Cl2N2O3. The van der Waals surface area contributed by atoms with Gasteiger partial charge in [-0.15, -0.1) is 0 Å². The first kappa shape index (κ1) is 19.1. The molecule has 0 aliphatic rings. The van der Waals surface area contributed by atoms with E-state index >= 15 is 0 Å². The van der Waals surface area contributed by atoms with Crippen molar-refractivity contribution in [2.75, 3.05) is 13.7 Å². The molecule has 0 N–H and O–H groups in total. The number of fused-ring (bicyclic) bond motifs is 1. The lowest BCUT2D eigenvalue weighted by atomic mass is 10.1. The summed E-state index contributed by atoms with van der Waals surface area (Å²) in [5.41, 5.74) is 2.92. The van der Waals surface area contributed by atoms with Crippen LogP contribution in [0.5, 0.6) is 5.75 Å². The minimum atomic E-state index is -0.0512. The Morgan fingerprint density at radius 2 is 2.04 bits per heavy atom. The van der Waals surface area contributed by atoms with E-state index in [1.807, 2.05) is 19.9 Å². The Labute approximate surface area is 162 Å². The zero-order valence-electron chi connectivity index (χ0n) is 15.3. The van der Waals surface area contributed by atoms with Crippen molar-refractivity contribution < 1.29 is 13.9 Å². The van der Waals surface area contributed by atoms with Crippen LogP contribution in [0.25, 0.3) is 17.0 Å². The molecule has 5 nitrogen and oxygen atoms in total. The lowest BCUT2D eigenvalue weighted by molar-refractivity contribution is 0.0750. The van der Waals surface area contributed by atoms with E-state index in [-0.39, 0.29) is 6.10 Å². The molecule has 1 atom stereocenters. The average molecular weight is 397 g/mol. The Hall–Kier alpha value is -1.69. The number of oxazole rings is 1. The smallest absolute Gasteiger partial charge is 0.266 e. The van der Waals surface area contributed by atoms with Crippen molar-refractivity contribution in [2.24, 2.45) is 0 Å². The second kappa shape index (κ2) is 7.91. The number of methoxy groups -OCH3 is 1. The second-order valence-electron chi connectivity index (χ2n) is 6.25. The number of aromatic nitrogens is 2. The van der Waals surface area contributed by atoms with Crippen molar-refractivity contribution in [1.29, 1.82) is 0 Å². The van der Waals surface area contributed by atoms with Gasteiger partial charge in [0.05, 0.1) is 11.6 Å². The maximum Gasteiger partial charge on any atom is 0.266 e. The molecule has 0 saturated heterocycles. The summed E-state index contributed by atoms with van der Waals surface area (Å²) in [5, 5.41) is 5.74. The topological polar surface area (TPSA) is 48.9 Å². The number of rotatable bonds is 7. The number of benzene rings is 1. The minimum absolute atomic E-state index is 0.0512. The van der Waals surface area contributed by atoms with Crippen molar-refractivity contribution in [3.05, 3.63) is 39.7 Å². The molecule has 0 amide bonds. The van der Waals surface area contributed by atoms with Crippen LogP contribution in [0.1, 0.15) is 31.2 Å². The van der Waals surface area contributed by atoms with Crippen molar-refractivity contribution in [2.45, 2.75) is 39.7 Å². The van der Waals surface area contributed by atoms with Crippen molar-refractivity contribution in [3.8, 4) is 17.0 Å². The van der Waals surface area contributed by atoms with Gasteiger partial charge in [-0.05, 0) is 38.5 Å². The third-order valence-electron chi connectivity index (χ3n) is 4.19. The van der Waals surface area contributed by atoms with E-state index in [0.29, 0.717) is 33.9 Å². The zero-order valence-corrected chi connectivity index (χ0v) is 16.8. The summed E-state index contributed by atoms with van der Waals surface area (Å²) in [5.74, 6) is 1.35. The summed E-state index contributed by atoms with van der Waals surface area (Å²) >= 11 is 12.4. The highest BCUT2D eigenvalue weighted by Crippen LogP contribution is 2.37. The van der Waals surface area contributed by atoms with Crippen LogP contribution in [0.4, 0.5) is 0 Å². The van der Waals surface area contributed by atoms with Gasteiger partial charge in [-0.3, -0.25) is 0 Å². The van der Waals surface area contributed by atoms with Gasteiger partial charge in [-0.2, -0.15) is 9.61 Å². The molecule has 0 aliphatic heterocycles. The van der Waals surface area contributed by atoms with E-state index in [4.69, 9.17) is 37.1 Å². The van der Waals surface area contributed by atoms with Crippen LogP contribution in [-0.4, -0.2) is 29.4 Å². The standard InChI is InChI=1S/C19H22Cl2N2O3/c1-5-6-14(10-24-4)26-18-11(2)22-23-17(12(3)25-19(18)23)15-8-7-13(20)9-16(15)21/h7-9,14H,5-6,10H2,1-4H3. The number of nitrogens with zero attached hydrogens (tertiary/aromatic N) is 2. The molecule has 3 rings (SSSR count). The molecule has 3 aromatic rings. The van der Waals surface area contributed by atoms with Gasteiger partial charge < -0.3 is 13.9 Å². The van der Waals surface area contributed by atoms with Crippen molar-refractivity contribution in [3.63, 3.8) is 0 Å². The summed E-state index contributed by atoms with van der Waals surface area (Å²) in [7, 11) is 1.67. The molecule has 0 spiro atoms. The molecule has 1 aromatic carbocycles. The first-order valence-electron chi connectivity index (χ1n) is 8.56. The van der Waals surface area contributed by atoms with E-state index in [9.17, 15) is 0 Å². The van der Waals surface area contributed by atoms with Crippen LogP contribution in [-0.2, 0) is 4.74 Å². The van der Waals surface area contributed by atoms with Gasteiger partial charge in [0, 0.05) is 17.7 Å². The largest absolute Gasteiger partial charge is 0.481 e. The van der Waals surface area contributed by atoms with Gasteiger partial charge in [0.2, 0.25) is 5.75 Å². The van der Waals surface area contributed by atoms with Gasteiger partial charge in [-0.1, -0.05) is 36.5 Å². The summed E-state index contributed by atoms with van der Waals surface area (Å²) in [6.45, 7) is 6.41. The number of hydrogen-bond donors (Lipinski definition) is 0. The second-order valence-corrected chi connectivity index (χ2v) is 7.09. The highest BCUT2D eigenvalue weighted by molar-refractivity contribution is 6.36. The van der Waals surface area contributed by atoms with Crippen molar-refractivity contribution in [1.82, 2.24) is 9.61 Å². The fourth-order valence-corrected chi connectivity index (χ4v) is 3.55. The Bertz CT molecular complexity index is 911. The van der Waals surface area contributed by atoms with Crippen LogP contribution in [0.2, 0.25) is 10.0 Å². The Morgan fingerprint density at radius 3 is 2.69 bits per heavy atom. The van der Waals surface area contributed by atoms with Gasteiger partial charge in [0.25, 0.3) is 5.71 Å². The minimum Gasteiger partial charge on any atom is -0.481 e. The predicted molar refractivity (Wildman–Crippen MR) is 104 cm³/mol. The first-order chi connectivity index (χ1) is 12.5. The molecular weight excluding hydrogens is 375 g/mol. The Balaban J connectivity index is 2.08. The first-order valence-corrected chi connectivity index (χ1v) is 9.31. The molecule has 2 aromatic heterocycles. The zero-order chi connectivity index (χ0) is 18.8. The normalized spacial score (nSPS) is 12.7. The molecule has 0 bridgehead atoms. The average Bonchev–Trinajstić information content (AvgIpc) is 3.03. The summed E-state index contributed by atoms with van der Waals surface area (Å²) in [4.78, 5) is 0. The molecule has 0 radical (unpaired) electrons.